The summed E-state index contributed by atoms with van der Waals surface area (Å²) in [7, 11) is 0. The van der Waals surface area contributed by atoms with Gasteiger partial charge in [-0.25, -0.2) is 0 Å². The van der Waals surface area contributed by atoms with Gasteiger partial charge in [0, 0.05) is 17.8 Å². The third-order valence-electron chi connectivity index (χ3n) is 3.70. The van der Waals surface area contributed by atoms with Gasteiger partial charge in [-0.05, 0) is 48.2 Å². The number of aryl methyl sites for hydroxylation is 1. The van der Waals surface area contributed by atoms with Crippen molar-refractivity contribution < 1.29 is 4.79 Å². The minimum absolute atomic E-state index is 0.0697. The zero-order valence-electron chi connectivity index (χ0n) is 13.9. The molecule has 1 amide bonds. The van der Waals surface area contributed by atoms with Gasteiger partial charge in [0.1, 0.15) is 0 Å². The SMILES string of the molecule is CCCCc1cccc(NC(=O)c2ccc(CNC(=N)N)cc2)c1. The monoisotopic (exact) mass is 324 g/mol. The van der Waals surface area contributed by atoms with E-state index in [0.29, 0.717) is 12.1 Å². The van der Waals surface area contributed by atoms with Crippen LogP contribution in [0.1, 0.15) is 41.3 Å². The first-order valence-electron chi connectivity index (χ1n) is 8.15. The lowest BCUT2D eigenvalue weighted by molar-refractivity contribution is 0.102. The highest BCUT2D eigenvalue weighted by Gasteiger charge is 2.06. The van der Waals surface area contributed by atoms with Gasteiger partial charge in [-0.15, -0.1) is 0 Å². The third kappa shape index (κ3) is 5.43. The van der Waals surface area contributed by atoms with Crippen molar-refractivity contribution in [3.63, 3.8) is 0 Å². The molecule has 0 fully saturated rings. The fourth-order valence-corrected chi connectivity index (χ4v) is 2.36. The molecule has 2 aromatic carbocycles. The molecule has 5 N–H and O–H groups in total. The Morgan fingerprint density at radius 1 is 1.12 bits per heavy atom. The third-order valence-corrected chi connectivity index (χ3v) is 3.70. The van der Waals surface area contributed by atoms with Gasteiger partial charge in [0.05, 0.1) is 0 Å². The molecule has 0 saturated carbocycles. The molecular formula is C19H24N4O. The number of unbranched alkanes of at least 4 members (excludes halogenated alkanes) is 1. The van der Waals surface area contributed by atoms with Crippen molar-refractivity contribution in [2.24, 2.45) is 5.73 Å². The number of nitrogens with two attached hydrogens (primary N) is 1. The Morgan fingerprint density at radius 2 is 1.88 bits per heavy atom. The Kier molecular flexibility index (Phi) is 6.37. The predicted molar refractivity (Wildman–Crippen MR) is 98.2 cm³/mol. The van der Waals surface area contributed by atoms with Crippen LogP contribution in [0.5, 0.6) is 0 Å². The second-order valence-electron chi connectivity index (χ2n) is 5.72. The molecule has 0 aliphatic carbocycles. The highest BCUT2D eigenvalue weighted by molar-refractivity contribution is 6.04. The van der Waals surface area contributed by atoms with Gasteiger partial charge < -0.3 is 16.4 Å². The van der Waals surface area contributed by atoms with Crippen molar-refractivity contribution in [2.45, 2.75) is 32.7 Å². The van der Waals surface area contributed by atoms with E-state index in [1.165, 1.54) is 5.56 Å². The summed E-state index contributed by atoms with van der Waals surface area (Å²) in [5.74, 6) is -0.200. The summed E-state index contributed by atoms with van der Waals surface area (Å²) in [6.45, 7) is 2.64. The number of rotatable bonds is 7. The van der Waals surface area contributed by atoms with E-state index >= 15 is 0 Å². The molecule has 0 aliphatic heterocycles. The number of anilines is 1. The molecule has 0 atom stereocenters. The molecular weight excluding hydrogens is 300 g/mol. The van der Waals surface area contributed by atoms with Crippen LogP contribution in [-0.2, 0) is 13.0 Å². The van der Waals surface area contributed by atoms with Crippen LogP contribution in [-0.4, -0.2) is 11.9 Å². The van der Waals surface area contributed by atoms with Crippen LogP contribution in [0, 0.1) is 5.41 Å². The Morgan fingerprint density at radius 3 is 2.54 bits per heavy atom. The summed E-state index contributed by atoms with van der Waals surface area (Å²) in [5, 5.41) is 12.8. The molecule has 5 nitrogen and oxygen atoms in total. The summed E-state index contributed by atoms with van der Waals surface area (Å²) in [5.41, 5.74) is 8.87. The maximum atomic E-state index is 12.3. The molecule has 0 spiro atoms. The maximum absolute atomic E-state index is 12.3. The average Bonchev–Trinajstić information content (AvgIpc) is 2.59. The van der Waals surface area contributed by atoms with E-state index in [-0.39, 0.29) is 11.9 Å². The highest BCUT2D eigenvalue weighted by atomic mass is 16.1. The topological polar surface area (TPSA) is 91.0 Å². The maximum Gasteiger partial charge on any atom is 0.255 e. The van der Waals surface area contributed by atoms with Crippen molar-refractivity contribution in [3.05, 3.63) is 65.2 Å². The van der Waals surface area contributed by atoms with Crippen LogP contribution in [0.25, 0.3) is 0 Å². The average molecular weight is 324 g/mol. The molecule has 0 bridgehead atoms. The molecule has 24 heavy (non-hydrogen) atoms. The Labute approximate surface area is 142 Å². The van der Waals surface area contributed by atoms with E-state index in [2.05, 4.69) is 23.6 Å². The smallest absolute Gasteiger partial charge is 0.255 e. The molecule has 5 heteroatoms. The largest absolute Gasteiger partial charge is 0.370 e. The second kappa shape index (κ2) is 8.72. The minimum Gasteiger partial charge on any atom is -0.370 e. The van der Waals surface area contributed by atoms with Gasteiger partial charge in [0.25, 0.3) is 5.91 Å². The number of hydrogen-bond acceptors (Lipinski definition) is 2. The summed E-state index contributed by atoms with van der Waals surface area (Å²) in [6, 6.07) is 15.2. The van der Waals surface area contributed by atoms with Crippen molar-refractivity contribution in [1.29, 1.82) is 5.41 Å². The van der Waals surface area contributed by atoms with E-state index in [1.54, 1.807) is 12.1 Å². The lowest BCUT2D eigenvalue weighted by Gasteiger charge is -2.08. The second-order valence-corrected chi connectivity index (χ2v) is 5.72. The van der Waals surface area contributed by atoms with Gasteiger partial charge in [0.15, 0.2) is 5.96 Å². The molecule has 2 aromatic rings. The number of carbonyl (C=O) groups is 1. The highest BCUT2D eigenvalue weighted by Crippen LogP contribution is 2.14. The molecule has 0 unspecified atom stereocenters. The van der Waals surface area contributed by atoms with Gasteiger partial charge >= 0.3 is 0 Å². The molecule has 2 rings (SSSR count). The number of guanidine groups is 1. The van der Waals surface area contributed by atoms with Crippen LogP contribution in [0.3, 0.4) is 0 Å². The summed E-state index contributed by atoms with van der Waals surface area (Å²) in [6.07, 6.45) is 3.33. The van der Waals surface area contributed by atoms with Crippen LogP contribution in [0.15, 0.2) is 48.5 Å². The summed E-state index contributed by atoms with van der Waals surface area (Å²) in [4.78, 5) is 12.3. The Balaban J connectivity index is 1.97. The first-order chi connectivity index (χ1) is 11.6. The zero-order valence-corrected chi connectivity index (χ0v) is 13.9. The number of nitrogens with one attached hydrogen (secondary N) is 3. The van der Waals surface area contributed by atoms with Crippen molar-refractivity contribution in [1.82, 2.24) is 5.32 Å². The van der Waals surface area contributed by atoms with Gasteiger partial charge in [0.2, 0.25) is 0 Å². The van der Waals surface area contributed by atoms with Crippen molar-refractivity contribution in [3.8, 4) is 0 Å². The minimum atomic E-state index is -0.131. The van der Waals surface area contributed by atoms with Gasteiger partial charge in [-0.2, -0.15) is 0 Å². The van der Waals surface area contributed by atoms with E-state index < -0.39 is 0 Å². The standard InChI is InChI=1S/C19H24N4O/c1-2-3-5-14-6-4-7-17(12-14)23-18(24)16-10-8-15(9-11-16)13-22-19(20)21/h4,6-12H,2-3,5,13H2,1H3,(H,23,24)(H4,20,21,22). The molecule has 126 valence electrons. The number of amides is 1. The quantitative estimate of drug-likeness (QED) is 0.465. The van der Waals surface area contributed by atoms with E-state index in [4.69, 9.17) is 11.1 Å². The normalized spacial score (nSPS) is 10.2. The van der Waals surface area contributed by atoms with Crippen molar-refractivity contribution in [2.75, 3.05) is 5.32 Å². The first-order valence-corrected chi connectivity index (χ1v) is 8.15. The fourth-order valence-electron chi connectivity index (χ4n) is 2.36. The van der Waals surface area contributed by atoms with Crippen molar-refractivity contribution >= 4 is 17.6 Å². The summed E-state index contributed by atoms with van der Waals surface area (Å²) >= 11 is 0. The Hall–Kier alpha value is -2.82. The number of benzene rings is 2. The molecule has 0 aromatic heterocycles. The fraction of sp³-hybridized carbons (Fsp3) is 0.263. The molecule has 0 aliphatic rings. The van der Waals surface area contributed by atoms with E-state index in [9.17, 15) is 4.79 Å². The van der Waals surface area contributed by atoms with Gasteiger partial charge in [-0.1, -0.05) is 37.6 Å². The predicted octanol–water partition coefficient (Wildman–Crippen LogP) is 3.26. The number of hydrogen-bond donors (Lipinski definition) is 4. The van der Waals surface area contributed by atoms with Crippen LogP contribution >= 0.6 is 0 Å². The first kappa shape index (κ1) is 17.5. The van der Waals surface area contributed by atoms with Gasteiger partial charge in [-0.3, -0.25) is 10.2 Å². The Bertz CT molecular complexity index is 695. The van der Waals surface area contributed by atoms with E-state index in [1.807, 2.05) is 30.3 Å². The molecule has 0 heterocycles. The van der Waals surface area contributed by atoms with Crippen LogP contribution in [0.2, 0.25) is 0 Å². The van der Waals surface area contributed by atoms with Crippen LogP contribution < -0.4 is 16.4 Å². The summed E-state index contributed by atoms with van der Waals surface area (Å²) < 4.78 is 0. The molecule has 0 radical (unpaired) electrons. The lowest BCUT2D eigenvalue weighted by atomic mass is 10.1. The van der Waals surface area contributed by atoms with E-state index in [0.717, 1.165) is 30.5 Å². The number of carbonyl (C=O) groups excluding carboxylic acids is 1. The lowest BCUT2D eigenvalue weighted by Crippen LogP contribution is -2.29. The molecule has 0 saturated heterocycles. The van der Waals surface area contributed by atoms with Crippen LogP contribution in [0.4, 0.5) is 5.69 Å². The zero-order chi connectivity index (χ0) is 17.4.